The average Bonchev–Trinajstić information content (AvgIpc) is 2.16. The van der Waals surface area contributed by atoms with Crippen LogP contribution in [0.5, 0.6) is 5.75 Å². The van der Waals surface area contributed by atoms with Crippen molar-refractivity contribution in [2.75, 3.05) is 13.7 Å². The number of hydrogen-bond acceptors (Lipinski definition) is 1. The minimum absolute atomic E-state index is 0.548. The Bertz CT molecular complexity index is 325. The van der Waals surface area contributed by atoms with E-state index in [4.69, 9.17) is 11.3 Å². The molecule has 0 radical (unpaired) electrons. The van der Waals surface area contributed by atoms with Gasteiger partial charge in [-0.25, -0.2) is 6.57 Å². The Kier molecular flexibility index (Phi) is 3.33. The first-order valence-corrected chi connectivity index (χ1v) is 4.24. The van der Waals surface area contributed by atoms with E-state index >= 15 is 0 Å². The molecule has 0 amide bonds. The van der Waals surface area contributed by atoms with Crippen LogP contribution in [0, 0.1) is 13.5 Å². The molecule has 0 heterocycles. The predicted octanol–water partition coefficient (Wildman–Crippen LogP) is 2.47. The van der Waals surface area contributed by atoms with E-state index in [0.717, 1.165) is 17.7 Å². The highest BCUT2D eigenvalue weighted by molar-refractivity contribution is 5.36. The van der Waals surface area contributed by atoms with Crippen molar-refractivity contribution in [3.8, 4) is 5.75 Å². The third-order valence-electron chi connectivity index (χ3n) is 1.98. The molecule has 1 aromatic carbocycles. The maximum atomic E-state index is 6.69. The van der Waals surface area contributed by atoms with Crippen LogP contribution < -0.4 is 4.74 Å². The number of rotatable bonds is 3. The summed E-state index contributed by atoms with van der Waals surface area (Å²) >= 11 is 0. The molecule has 2 nitrogen and oxygen atoms in total. The van der Waals surface area contributed by atoms with Crippen LogP contribution >= 0.6 is 0 Å². The summed E-state index contributed by atoms with van der Waals surface area (Å²) in [5, 5.41) is 0. The van der Waals surface area contributed by atoms with Gasteiger partial charge in [0.25, 0.3) is 0 Å². The monoisotopic (exact) mass is 175 g/mol. The summed E-state index contributed by atoms with van der Waals surface area (Å²) in [5.74, 6) is 0.905. The molecule has 0 aliphatic rings. The molecule has 0 bridgehead atoms. The number of benzene rings is 1. The lowest BCUT2D eigenvalue weighted by Crippen LogP contribution is -1.92. The van der Waals surface area contributed by atoms with Crippen molar-refractivity contribution in [3.63, 3.8) is 0 Å². The number of methoxy groups -OCH3 is 1. The van der Waals surface area contributed by atoms with Crippen molar-refractivity contribution in [1.82, 2.24) is 0 Å². The van der Waals surface area contributed by atoms with E-state index in [1.54, 1.807) is 7.11 Å². The molecule has 0 aliphatic carbocycles. The zero-order valence-corrected chi connectivity index (χ0v) is 8.00. The zero-order valence-electron chi connectivity index (χ0n) is 8.00. The van der Waals surface area contributed by atoms with Gasteiger partial charge in [0.1, 0.15) is 5.75 Å². The molecule has 1 rings (SSSR count). The molecule has 0 saturated heterocycles. The second-order valence-electron chi connectivity index (χ2n) is 2.94. The lowest BCUT2D eigenvalue weighted by Gasteiger charge is -2.05. The lowest BCUT2D eigenvalue weighted by atomic mass is 10.1. The Morgan fingerprint density at radius 2 is 2.23 bits per heavy atom. The van der Waals surface area contributed by atoms with Gasteiger partial charge in [0.2, 0.25) is 6.54 Å². The smallest absolute Gasteiger partial charge is 0.218 e. The van der Waals surface area contributed by atoms with Crippen molar-refractivity contribution in [1.29, 1.82) is 0 Å². The largest absolute Gasteiger partial charge is 0.496 e. The molecular weight excluding hydrogens is 162 g/mol. The maximum absolute atomic E-state index is 6.69. The molecular formula is C11H13NO. The van der Waals surface area contributed by atoms with Crippen molar-refractivity contribution in [2.45, 2.75) is 13.3 Å². The van der Waals surface area contributed by atoms with Gasteiger partial charge in [-0.1, -0.05) is 12.1 Å². The highest BCUT2D eigenvalue weighted by Crippen LogP contribution is 2.19. The predicted molar refractivity (Wildman–Crippen MR) is 52.9 cm³/mol. The average molecular weight is 175 g/mol. The minimum atomic E-state index is 0.548. The number of hydrogen-bond donors (Lipinski definition) is 0. The second kappa shape index (κ2) is 4.51. The minimum Gasteiger partial charge on any atom is -0.496 e. The summed E-state index contributed by atoms with van der Waals surface area (Å²) in [4.78, 5) is 3.32. The van der Waals surface area contributed by atoms with Gasteiger partial charge < -0.3 is 9.58 Å². The van der Waals surface area contributed by atoms with Crippen LogP contribution in [0.4, 0.5) is 0 Å². The molecule has 0 N–H and O–H groups in total. The van der Waals surface area contributed by atoms with E-state index < -0.39 is 0 Å². The molecule has 0 fully saturated rings. The van der Waals surface area contributed by atoms with Crippen molar-refractivity contribution in [3.05, 3.63) is 40.7 Å². The molecule has 0 atom stereocenters. The van der Waals surface area contributed by atoms with Gasteiger partial charge in [0.15, 0.2) is 0 Å². The highest BCUT2D eigenvalue weighted by atomic mass is 16.5. The van der Waals surface area contributed by atoms with Gasteiger partial charge in [-0.2, -0.15) is 0 Å². The number of aryl methyl sites for hydroxylation is 1. The number of ether oxygens (including phenoxy) is 1. The van der Waals surface area contributed by atoms with E-state index in [1.165, 1.54) is 5.56 Å². The van der Waals surface area contributed by atoms with E-state index in [-0.39, 0.29) is 0 Å². The van der Waals surface area contributed by atoms with Crippen LogP contribution in [-0.4, -0.2) is 13.7 Å². The van der Waals surface area contributed by atoms with E-state index in [0.29, 0.717) is 6.54 Å². The summed E-state index contributed by atoms with van der Waals surface area (Å²) in [7, 11) is 1.67. The van der Waals surface area contributed by atoms with Gasteiger partial charge in [-0.3, -0.25) is 0 Å². The first kappa shape index (κ1) is 9.60. The molecule has 0 aromatic heterocycles. The second-order valence-corrected chi connectivity index (χ2v) is 2.94. The van der Waals surface area contributed by atoms with Gasteiger partial charge >= 0.3 is 0 Å². The van der Waals surface area contributed by atoms with Crippen molar-refractivity contribution >= 4 is 0 Å². The lowest BCUT2D eigenvalue weighted by molar-refractivity contribution is 0.411. The summed E-state index contributed by atoms with van der Waals surface area (Å²) in [5.41, 5.74) is 2.30. The quantitative estimate of drug-likeness (QED) is 0.643. The fourth-order valence-corrected chi connectivity index (χ4v) is 1.20. The van der Waals surface area contributed by atoms with E-state index in [1.807, 2.05) is 25.1 Å². The Morgan fingerprint density at radius 1 is 1.46 bits per heavy atom. The van der Waals surface area contributed by atoms with Crippen LogP contribution in [0.15, 0.2) is 18.2 Å². The summed E-state index contributed by atoms with van der Waals surface area (Å²) in [6.07, 6.45) is 0.806. The first-order chi connectivity index (χ1) is 6.27. The molecule has 0 spiro atoms. The maximum Gasteiger partial charge on any atom is 0.218 e. The standard InChI is InChI=1S/C11H13NO/c1-9-4-5-10(6-7-12-2)8-11(9)13-3/h4-5,8H,6-7H2,1,3H3. The van der Waals surface area contributed by atoms with Crippen LogP contribution in [0.2, 0.25) is 0 Å². The van der Waals surface area contributed by atoms with Crippen molar-refractivity contribution < 1.29 is 4.74 Å². The number of nitrogens with zero attached hydrogens (tertiary/aromatic N) is 1. The Labute approximate surface area is 79.0 Å². The molecule has 0 saturated carbocycles. The van der Waals surface area contributed by atoms with Crippen LogP contribution in [0.25, 0.3) is 4.85 Å². The summed E-state index contributed by atoms with van der Waals surface area (Å²) in [6, 6.07) is 6.07. The highest BCUT2D eigenvalue weighted by Gasteiger charge is 2.00. The topological polar surface area (TPSA) is 13.6 Å². The SMILES string of the molecule is [C-]#[N+]CCc1ccc(C)c(OC)c1. The van der Waals surface area contributed by atoms with Crippen LogP contribution in [-0.2, 0) is 6.42 Å². The molecule has 13 heavy (non-hydrogen) atoms. The molecule has 0 unspecified atom stereocenters. The van der Waals surface area contributed by atoms with E-state index in [9.17, 15) is 0 Å². The summed E-state index contributed by atoms with van der Waals surface area (Å²) < 4.78 is 5.19. The molecule has 2 heteroatoms. The fraction of sp³-hybridized carbons (Fsp3) is 0.364. The zero-order chi connectivity index (χ0) is 9.68. The first-order valence-electron chi connectivity index (χ1n) is 4.24. The molecule has 1 aromatic rings. The normalized spacial score (nSPS) is 9.31. The molecule has 0 aliphatic heterocycles. The van der Waals surface area contributed by atoms with Gasteiger partial charge in [0.05, 0.1) is 7.11 Å². The Balaban J connectivity index is 2.81. The third-order valence-corrected chi connectivity index (χ3v) is 1.98. The van der Waals surface area contributed by atoms with Gasteiger partial charge in [0, 0.05) is 6.42 Å². The fourth-order valence-electron chi connectivity index (χ4n) is 1.20. The van der Waals surface area contributed by atoms with Crippen molar-refractivity contribution in [2.24, 2.45) is 0 Å². The van der Waals surface area contributed by atoms with Crippen LogP contribution in [0.3, 0.4) is 0 Å². The van der Waals surface area contributed by atoms with Crippen LogP contribution in [0.1, 0.15) is 11.1 Å². The Hall–Kier alpha value is -1.49. The summed E-state index contributed by atoms with van der Waals surface area (Å²) in [6.45, 7) is 9.25. The molecule has 68 valence electrons. The van der Waals surface area contributed by atoms with E-state index in [2.05, 4.69) is 4.85 Å². The third kappa shape index (κ3) is 2.48. The van der Waals surface area contributed by atoms with Gasteiger partial charge in [-0.15, -0.1) is 0 Å². The Morgan fingerprint density at radius 3 is 2.85 bits per heavy atom. The van der Waals surface area contributed by atoms with Gasteiger partial charge in [-0.05, 0) is 24.1 Å².